The summed E-state index contributed by atoms with van der Waals surface area (Å²) in [6.45, 7) is 0.0307. The number of nitrogens with zero attached hydrogens (tertiary/aromatic N) is 3. The monoisotopic (exact) mass is 359 g/mol. The van der Waals surface area contributed by atoms with Gasteiger partial charge in [-0.25, -0.2) is 17.8 Å². The number of hydrogen-bond acceptors (Lipinski definition) is 4. The van der Waals surface area contributed by atoms with Gasteiger partial charge in [-0.05, 0) is 24.3 Å². The van der Waals surface area contributed by atoms with Gasteiger partial charge in [0, 0.05) is 19.4 Å². The lowest BCUT2D eigenvalue weighted by atomic mass is 10.3. The molecule has 130 valence electrons. The molecule has 3 rings (SSSR count). The van der Waals surface area contributed by atoms with Crippen LogP contribution < -0.4 is 10.5 Å². The summed E-state index contributed by atoms with van der Waals surface area (Å²) >= 11 is 0. The third kappa shape index (κ3) is 3.62. The van der Waals surface area contributed by atoms with Crippen LogP contribution in [0, 0.1) is 0 Å². The van der Waals surface area contributed by atoms with E-state index in [0.717, 1.165) is 5.69 Å². The number of nitrogens with two attached hydrogens (primary N) is 1. The van der Waals surface area contributed by atoms with Crippen molar-refractivity contribution in [3.63, 3.8) is 0 Å². The molecule has 0 aliphatic rings. The third-order valence-electron chi connectivity index (χ3n) is 3.65. The number of para-hydroxylation sites is 1. The smallest absolute Gasteiger partial charge is 0.265 e. The second-order valence-electron chi connectivity index (χ2n) is 5.45. The maximum atomic E-state index is 12.4. The quantitative estimate of drug-likeness (QED) is 0.677. The van der Waals surface area contributed by atoms with E-state index in [2.05, 4.69) is 9.82 Å². The van der Waals surface area contributed by atoms with Crippen LogP contribution in [-0.4, -0.2) is 28.7 Å². The number of aryl methyl sites for hydroxylation is 1. The lowest BCUT2D eigenvalue weighted by Crippen LogP contribution is -2.23. The van der Waals surface area contributed by atoms with Crippen molar-refractivity contribution in [2.75, 3.05) is 0 Å². The van der Waals surface area contributed by atoms with Gasteiger partial charge in [0.25, 0.3) is 5.91 Å². The van der Waals surface area contributed by atoms with Gasteiger partial charge in [0.1, 0.15) is 10.6 Å². The van der Waals surface area contributed by atoms with Crippen molar-refractivity contribution < 1.29 is 13.2 Å². The number of carbonyl (C=O) groups excluding carboxylic acids is 1. The van der Waals surface area contributed by atoms with Gasteiger partial charge in [-0.1, -0.05) is 18.2 Å². The number of amides is 1. The predicted molar refractivity (Wildman–Crippen MR) is 91.5 cm³/mol. The third-order valence-corrected chi connectivity index (χ3v) is 5.02. The molecule has 0 unspecified atom stereocenters. The minimum Gasteiger partial charge on any atom is -0.364 e. The molecule has 1 aromatic carbocycles. The van der Waals surface area contributed by atoms with Crippen molar-refractivity contribution in [2.45, 2.75) is 11.4 Å². The molecule has 0 bridgehead atoms. The Morgan fingerprint density at radius 1 is 1.24 bits per heavy atom. The van der Waals surface area contributed by atoms with Crippen LogP contribution in [0.1, 0.15) is 16.2 Å². The first-order valence-corrected chi connectivity index (χ1v) is 8.91. The molecule has 0 radical (unpaired) electrons. The van der Waals surface area contributed by atoms with Crippen LogP contribution in [0.25, 0.3) is 5.69 Å². The van der Waals surface area contributed by atoms with E-state index in [4.69, 9.17) is 5.73 Å². The molecule has 0 spiro atoms. The highest BCUT2D eigenvalue weighted by Crippen LogP contribution is 2.14. The fourth-order valence-corrected chi connectivity index (χ4v) is 3.43. The van der Waals surface area contributed by atoms with Crippen LogP contribution in [0.15, 0.2) is 59.8 Å². The van der Waals surface area contributed by atoms with Gasteiger partial charge < -0.3 is 10.3 Å². The molecule has 3 N–H and O–H groups in total. The first kappa shape index (κ1) is 16.9. The van der Waals surface area contributed by atoms with Crippen molar-refractivity contribution in [1.82, 2.24) is 19.1 Å². The van der Waals surface area contributed by atoms with Crippen LogP contribution in [0.3, 0.4) is 0 Å². The molecular weight excluding hydrogens is 342 g/mol. The summed E-state index contributed by atoms with van der Waals surface area (Å²) in [5.41, 5.74) is 6.77. The zero-order chi connectivity index (χ0) is 18.0. The van der Waals surface area contributed by atoms with Crippen LogP contribution in [-0.2, 0) is 23.6 Å². The molecule has 8 nitrogen and oxygen atoms in total. The molecule has 2 heterocycles. The normalized spacial score (nSPS) is 11.6. The zero-order valence-electron chi connectivity index (χ0n) is 13.5. The van der Waals surface area contributed by atoms with Crippen LogP contribution >= 0.6 is 0 Å². The Labute approximate surface area is 144 Å². The summed E-state index contributed by atoms with van der Waals surface area (Å²) in [6, 6.07) is 12.5. The fourth-order valence-electron chi connectivity index (χ4n) is 2.36. The number of aromatic nitrogens is 3. The summed E-state index contributed by atoms with van der Waals surface area (Å²) in [5.74, 6) is -0.689. The number of carbonyl (C=O) groups is 1. The first-order valence-electron chi connectivity index (χ1n) is 7.42. The molecule has 0 aliphatic heterocycles. The fraction of sp³-hybridized carbons (Fsp3) is 0.125. The standard InChI is InChI=1S/C16H17N5O3S/c1-20-11-14(9-15(20)16(17)22)25(23,24)18-10-12-7-8-21(19-12)13-5-3-2-4-6-13/h2-9,11,18H,10H2,1H3,(H2,17,22). The largest absolute Gasteiger partial charge is 0.364 e. The maximum Gasteiger partial charge on any atom is 0.265 e. The van der Waals surface area contributed by atoms with Gasteiger partial charge in [0.15, 0.2) is 0 Å². The van der Waals surface area contributed by atoms with E-state index in [1.807, 2.05) is 30.3 Å². The molecule has 3 aromatic rings. The summed E-state index contributed by atoms with van der Waals surface area (Å²) in [5, 5.41) is 4.34. The number of primary amides is 1. The number of rotatable bonds is 6. The highest BCUT2D eigenvalue weighted by molar-refractivity contribution is 7.89. The van der Waals surface area contributed by atoms with E-state index >= 15 is 0 Å². The molecule has 25 heavy (non-hydrogen) atoms. The van der Waals surface area contributed by atoms with Gasteiger partial charge in [-0.2, -0.15) is 5.10 Å². The van der Waals surface area contributed by atoms with Crippen molar-refractivity contribution in [1.29, 1.82) is 0 Å². The average molecular weight is 359 g/mol. The Morgan fingerprint density at radius 2 is 1.96 bits per heavy atom. The minimum absolute atomic E-state index is 0.0220. The molecule has 0 fully saturated rings. The average Bonchev–Trinajstić information content (AvgIpc) is 3.21. The highest BCUT2D eigenvalue weighted by atomic mass is 32.2. The van der Waals surface area contributed by atoms with Gasteiger partial charge in [0.05, 0.1) is 17.9 Å². The van der Waals surface area contributed by atoms with E-state index < -0.39 is 15.9 Å². The minimum atomic E-state index is -3.78. The molecule has 0 atom stereocenters. The zero-order valence-corrected chi connectivity index (χ0v) is 14.3. The van der Waals surface area contributed by atoms with E-state index in [0.29, 0.717) is 5.69 Å². The van der Waals surface area contributed by atoms with E-state index in [9.17, 15) is 13.2 Å². The van der Waals surface area contributed by atoms with Gasteiger partial charge in [-0.15, -0.1) is 0 Å². The Kier molecular flexibility index (Phi) is 4.43. The van der Waals surface area contributed by atoms with E-state index in [-0.39, 0.29) is 17.1 Å². The summed E-state index contributed by atoms with van der Waals surface area (Å²) in [6.07, 6.45) is 3.09. The Morgan fingerprint density at radius 3 is 2.60 bits per heavy atom. The van der Waals surface area contributed by atoms with Crippen LogP contribution in [0.5, 0.6) is 0 Å². The summed E-state index contributed by atoms with van der Waals surface area (Å²) in [4.78, 5) is 11.2. The second kappa shape index (κ2) is 6.54. The first-order chi connectivity index (χ1) is 11.9. The van der Waals surface area contributed by atoms with Gasteiger partial charge in [-0.3, -0.25) is 4.79 Å². The maximum absolute atomic E-state index is 12.4. The predicted octanol–water partition coefficient (Wildman–Crippen LogP) is 0.788. The second-order valence-corrected chi connectivity index (χ2v) is 7.21. The van der Waals surface area contributed by atoms with Crippen LogP contribution in [0.2, 0.25) is 0 Å². The molecule has 0 aliphatic carbocycles. The van der Waals surface area contributed by atoms with Gasteiger partial charge >= 0.3 is 0 Å². The Hall–Kier alpha value is -2.91. The van der Waals surface area contributed by atoms with Crippen molar-refractivity contribution >= 4 is 15.9 Å². The van der Waals surface area contributed by atoms with Gasteiger partial charge in [0.2, 0.25) is 10.0 Å². The van der Waals surface area contributed by atoms with Crippen molar-refractivity contribution in [3.8, 4) is 5.69 Å². The SMILES string of the molecule is Cn1cc(S(=O)(=O)NCc2ccn(-c3ccccc3)n2)cc1C(N)=O. The molecule has 0 saturated carbocycles. The number of hydrogen-bond donors (Lipinski definition) is 2. The molecular formula is C16H17N5O3S. The molecule has 2 aromatic heterocycles. The van der Waals surface area contributed by atoms with Crippen molar-refractivity contribution in [2.24, 2.45) is 12.8 Å². The molecule has 0 saturated heterocycles. The van der Waals surface area contributed by atoms with Crippen molar-refractivity contribution in [3.05, 3.63) is 66.2 Å². The number of sulfonamides is 1. The van der Waals surface area contributed by atoms with E-state index in [1.54, 1.807) is 24.0 Å². The summed E-state index contributed by atoms with van der Waals surface area (Å²) in [7, 11) is -2.22. The number of benzene rings is 1. The topological polar surface area (TPSA) is 112 Å². The Bertz CT molecular complexity index is 1010. The van der Waals surface area contributed by atoms with E-state index in [1.165, 1.54) is 16.8 Å². The highest BCUT2D eigenvalue weighted by Gasteiger charge is 2.19. The lowest BCUT2D eigenvalue weighted by molar-refractivity contribution is 0.0992. The summed E-state index contributed by atoms with van der Waals surface area (Å²) < 4.78 is 30.2. The van der Waals surface area contributed by atoms with Crippen LogP contribution in [0.4, 0.5) is 0 Å². The lowest BCUT2D eigenvalue weighted by Gasteiger charge is -2.03. The number of nitrogens with one attached hydrogen (secondary N) is 1. The molecule has 9 heteroatoms. The molecule has 1 amide bonds. The Balaban J connectivity index is 1.74.